The molecule has 156 valence electrons. The van der Waals surface area contributed by atoms with Gasteiger partial charge in [-0.05, 0) is 50.3 Å². The van der Waals surface area contributed by atoms with Gasteiger partial charge in [0.25, 0.3) is 0 Å². The third-order valence-corrected chi connectivity index (χ3v) is 5.92. The lowest BCUT2D eigenvalue weighted by Gasteiger charge is -2.27. The molecule has 0 saturated carbocycles. The van der Waals surface area contributed by atoms with Gasteiger partial charge in [-0.15, -0.1) is 0 Å². The van der Waals surface area contributed by atoms with E-state index in [2.05, 4.69) is 31.9 Å². The van der Waals surface area contributed by atoms with Gasteiger partial charge in [-0.1, -0.05) is 19.9 Å². The van der Waals surface area contributed by atoms with Crippen molar-refractivity contribution in [3.8, 4) is 11.5 Å². The Hall–Kier alpha value is -2.50. The van der Waals surface area contributed by atoms with Crippen LogP contribution in [-0.4, -0.2) is 40.3 Å². The first kappa shape index (κ1) is 19.8. The van der Waals surface area contributed by atoms with Crippen LogP contribution in [0.2, 0.25) is 0 Å². The Bertz CT molecular complexity index is 903. The van der Waals surface area contributed by atoms with E-state index in [4.69, 9.17) is 9.47 Å². The minimum Gasteiger partial charge on any atom is -0.486 e. The Morgan fingerprint density at radius 1 is 1.21 bits per heavy atom. The van der Waals surface area contributed by atoms with E-state index < -0.39 is 0 Å². The maximum absolute atomic E-state index is 13.3. The molecule has 2 aromatic rings. The van der Waals surface area contributed by atoms with Crippen LogP contribution in [0.5, 0.6) is 11.5 Å². The predicted molar refractivity (Wildman–Crippen MR) is 111 cm³/mol. The van der Waals surface area contributed by atoms with Crippen molar-refractivity contribution in [1.29, 1.82) is 0 Å². The van der Waals surface area contributed by atoms with Crippen LogP contribution in [0.4, 0.5) is 0 Å². The first-order valence-electron chi connectivity index (χ1n) is 10.7. The number of likely N-dealkylation sites (tertiary alicyclic amines) is 1. The Morgan fingerprint density at radius 3 is 2.72 bits per heavy atom. The SMILES string of the molecule is Cc1nn(CC(C)C)c(C)c1CC(=O)N1CCCC1c1ccc2c(c1)OCCO2. The third-order valence-electron chi connectivity index (χ3n) is 5.92. The molecule has 3 heterocycles. The van der Waals surface area contributed by atoms with Crippen LogP contribution in [0.1, 0.15) is 55.2 Å². The number of amides is 1. The first-order valence-corrected chi connectivity index (χ1v) is 10.7. The Labute approximate surface area is 172 Å². The number of hydrogen-bond donors (Lipinski definition) is 0. The fraction of sp³-hybridized carbons (Fsp3) is 0.565. The molecule has 0 aliphatic carbocycles. The Kier molecular flexibility index (Phi) is 5.52. The van der Waals surface area contributed by atoms with Crippen molar-refractivity contribution >= 4 is 5.91 Å². The minimum atomic E-state index is 0.102. The van der Waals surface area contributed by atoms with Crippen molar-refractivity contribution in [1.82, 2.24) is 14.7 Å². The highest BCUT2D eigenvalue weighted by molar-refractivity contribution is 5.80. The van der Waals surface area contributed by atoms with Crippen molar-refractivity contribution < 1.29 is 14.3 Å². The number of carbonyl (C=O) groups excluding carboxylic acids is 1. The average molecular weight is 398 g/mol. The minimum absolute atomic E-state index is 0.102. The zero-order valence-electron chi connectivity index (χ0n) is 17.9. The number of nitrogens with zero attached hydrogens (tertiary/aromatic N) is 3. The molecule has 1 saturated heterocycles. The highest BCUT2D eigenvalue weighted by atomic mass is 16.6. The van der Waals surface area contributed by atoms with Crippen LogP contribution in [0.15, 0.2) is 18.2 Å². The van der Waals surface area contributed by atoms with Crippen LogP contribution >= 0.6 is 0 Å². The van der Waals surface area contributed by atoms with Gasteiger partial charge in [0, 0.05) is 24.3 Å². The van der Waals surface area contributed by atoms with Gasteiger partial charge in [-0.25, -0.2) is 0 Å². The molecule has 1 fully saturated rings. The van der Waals surface area contributed by atoms with E-state index in [1.165, 1.54) is 0 Å². The molecule has 1 atom stereocenters. The summed E-state index contributed by atoms with van der Waals surface area (Å²) in [5.74, 6) is 2.28. The predicted octanol–water partition coefficient (Wildman–Crippen LogP) is 3.83. The fourth-order valence-corrected chi connectivity index (χ4v) is 4.45. The van der Waals surface area contributed by atoms with Gasteiger partial charge in [0.15, 0.2) is 11.5 Å². The molecule has 0 spiro atoms. The molecule has 0 N–H and O–H groups in total. The summed E-state index contributed by atoms with van der Waals surface area (Å²) in [7, 11) is 0. The maximum atomic E-state index is 13.3. The maximum Gasteiger partial charge on any atom is 0.227 e. The van der Waals surface area contributed by atoms with Crippen LogP contribution in [0, 0.1) is 19.8 Å². The molecule has 0 bridgehead atoms. The molecular formula is C23H31N3O3. The molecule has 6 nitrogen and oxygen atoms in total. The van der Waals surface area contributed by atoms with Crippen LogP contribution in [-0.2, 0) is 17.8 Å². The van der Waals surface area contributed by atoms with Crippen LogP contribution in [0.3, 0.4) is 0 Å². The van der Waals surface area contributed by atoms with E-state index in [0.717, 1.165) is 59.9 Å². The van der Waals surface area contributed by atoms with E-state index in [-0.39, 0.29) is 11.9 Å². The summed E-state index contributed by atoms with van der Waals surface area (Å²) in [6.45, 7) is 11.3. The average Bonchev–Trinajstić information content (AvgIpc) is 3.28. The molecule has 1 aromatic carbocycles. The van der Waals surface area contributed by atoms with Crippen molar-refractivity contribution in [3.05, 3.63) is 40.7 Å². The number of ether oxygens (including phenoxy) is 2. The van der Waals surface area contributed by atoms with Crippen LogP contribution in [0.25, 0.3) is 0 Å². The lowest BCUT2D eigenvalue weighted by molar-refractivity contribution is -0.131. The molecular weight excluding hydrogens is 366 g/mol. The van der Waals surface area contributed by atoms with Gasteiger partial charge in [-0.2, -0.15) is 5.10 Å². The monoisotopic (exact) mass is 397 g/mol. The standard InChI is InChI=1S/C23H31N3O3/c1-15(2)14-26-17(4)19(16(3)24-26)13-23(27)25-9-5-6-20(25)18-7-8-21-22(12-18)29-11-10-28-21/h7-8,12,15,20H,5-6,9-11,13-14H2,1-4H3. The van der Waals surface area contributed by atoms with Gasteiger partial charge in [0.05, 0.1) is 18.2 Å². The first-order chi connectivity index (χ1) is 13.9. The van der Waals surface area contributed by atoms with Gasteiger partial charge in [0.2, 0.25) is 5.91 Å². The zero-order chi connectivity index (χ0) is 20.5. The smallest absolute Gasteiger partial charge is 0.227 e. The Balaban J connectivity index is 1.52. The summed E-state index contributed by atoms with van der Waals surface area (Å²) in [6.07, 6.45) is 2.42. The van der Waals surface area contributed by atoms with Gasteiger partial charge >= 0.3 is 0 Å². The summed E-state index contributed by atoms with van der Waals surface area (Å²) < 4.78 is 13.4. The molecule has 4 rings (SSSR count). The van der Waals surface area contributed by atoms with Crippen molar-refractivity contribution in [2.75, 3.05) is 19.8 Å². The zero-order valence-corrected chi connectivity index (χ0v) is 17.9. The second-order valence-corrected chi connectivity index (χ2v) is 8.55. The summed E-state index contributed by atoms with van der Waals surface area (Å²) in [5.41, 5.74) is 4.28. The van der Waals surface area contributed by atoms with Crippen molar-refractivity contribution in [2.45, 2.75) is 59.5 Å². The van der Waals surface area contributed by atoms with E-state index in [0.29, 0.717) is 25.6 Å². The molecule has 1 aromatic heterocycles. The van der Waals surface area contributed by atoms with E-state index in [9.17, 15) is 4.79 Å². The number of aryl methyl sites for hydroxylation is 1. The molecule has 6 heteroatoms. The van der Waals surface area contributed by atoms with E-state index in [1.807, 2.05) is 28.6 Å². The number of rotatable bonds is 5. The summed E-state index contributed by atoms with van der Waals surface area (Å²) in [4.78, 5) is 15.3. The summed E-state index contributed by atoms with van der Waals surface area (Å²) in [5, 5.41) is 4.67. The lowest BCUT2D eigenvalue weighted by Crippen LogP contribution is -2.32. The second-order valence-electron chi connectivity index (χ2n) is 8.55. The molecule has 2 aliphatic rings. The third kappa shape index (κ3) is 3.98. The van der Waals surface area contributed by atoms with Gasteiger partial charge in [-0.3, -0.25) is 9.48 Å². The van der Waals surface area contributed by atoms with Gasteiger partial charge < -0.3 is 14.4 Å². The van der Waals surface area contributed by atoms with Gasteiger partial charge in [0.1, 0.15) is 13.2 Å². The number of aromatic nitrogens is 2. The lowest BCUT2D eigenvalue weighted by atomic mass is 10.0. The van der Waals surface area contributed by atoms with E-state index in [1.54, 1.807) is 0 Å². The molecule has 1 amide bonds. The summed E-state index contributed by atoms with van der Waals surface area (Å²) >= 11 is 0. The summed E-state index contributed by atoms with van der Waals surface area (Å²) in [6, 6.07) is 6.18. The molecule has 1 unspecified atom stereocenters. The quantitative estimate of drug-likeness (QED) is 0.769. The number of hydrogen-bond acceptors (Lipinski definition) is 4. The van der Waals surface area contributed by atoms with Crippen LogP contribution < -0.4 is 9.47 Å². The largest absolute Gasteiger partial charge is 0.486 e. The normalized spacial score (nSPS) is 18.5. The van der Waals surface area contributed by atoms with Crippen molar-refractivity contribution in [3.63, 3.8) is 0 Å². The second kappa shape index (κ2) is 8.09. The number of fused-ring (bicyclic) bond motifs is 1. The van der Waals surface area contributed by atoms with E-state index >= 15 is 0 Å². The Morgan fingerprint density at radius 2 is 1.97 bits per heavy atom. The number of benzene rings is 1. The molecule has 2 aliphatic heterocycles. The van der Waals surface area contributed by atoms with Crippen molar-refractivity contribution in [2.24, 2.45) is 5.92 Å². The fourth-order valence-electron chi connectivity index (χ4n) is 4.45. The number of carbonyl (C=O) groups is 1. The molecule has 0 radical (unpaired) electrons. The highest BCUT2D eigenvalue weighted by Gasteiger charge is 2.31. The topological polar surface area (TPSA) is 56.6 Å². The molecule has 29 heavy (non-hydrogen) atoms. The highest BCUT2D eigenvalue weighted by Crippen LogP contribution is 2.38.